The van der Waals surface area contributed by atoms with Gasteiger partial charge in [0.1, 0.15) is 24.5 Å². The third-order valence-electron chi connectivity index (χ3n) is 4.74. The molecule has 0 aliphatic carbocycles. The van der Waals surface area contributed by atoms with Gasteiger partial charge in [-0.3, -0.25) is 29.4 Å². The molecule has 4 rings (SSSR count). The quantitative estimate of drug-likeness (QED) is 0.228. The molecule has 0 saturated carbocycles. The van der Waals surface area contributed by atoms with Crippen molar-refractivity contribution in [2.45, 2.75) is 6.61 Å². The third kappa shape index (κ3) is 4.50. The first-order chi connectivity index (χ1) is 15.9. The summed E-state index contributed by atoms with van der Waals surface area (Å²) in [5.41, 5.74) is 0.349. The maximum atomic E-state index is 12.5. The van der Waals surface area contributed by atoms with Crippen LogP contribution in [0.2, 0.25) is 0 Å². The number of esters is 1. The zero-order chi connectivity index (χ0) is 23.5. The number of methoxy groups -OCH3 is 1. The molecule has 2 aromatic carbocycles. The lowest BCUT2D eigenvalue weighted by Crippen LogP contribution is -2.35. The van der Waals surface area contributed by atoms with Crippen molar-refractivity contribution in [3.63, 3.8) is 0 Å². The normalized spacial score (nSPS) is 12.5. The van der Waals surface area contributed by atoms with Crippen LogP contribution in [-0.2, 0) is 16.1 Å². The van der Waals surface area contributed by atoms with Gasteiger partial charge in [0.15, 0.2) is 5.13 Å². The number of rotatable bonds is 8. The van der Waals surface area contributed by atoms with Gasteiger partial charge in [-0.1, -0.05) is 6.07 Å². The van der Waals surface area contributed by atoms with E-state index in [4.69, 9.17) is 9.47 Å². The van der Waals surface area contributed by atoms with E-state index >= 15 is 0 Å². The van der Waals surface area contributed by atoms with E-state index < -0.39 is 34.9 Å². The first kappa shape index (κ1) is 21.9. The Labute approximate surface area is 190 Å². The van der Waals surface area contributed by atoms with Gasteiger partial charge in [0.25, 0.3) is 17.5 Å². The number of fused-ring (bicyclic) bond motifs is 1. The summed E-state index contributed by atoms with van der Waals surface area (Å²) in [5, 5.41) is 16.6. The molecule has 0 atom stereocenters. The second-order valence-corrected chi connectivity index (χ2v) is 7.67. The van der Waals surface area contributed by atoms with E-state index in [1.165, 1.54) is 23.5 Å². The molecule has 0 bridgehead atoms. The Morgan fingerprint density at radius 3 is 2.64 bits per heavy atom. The highest BCUT2D eigenvalue weighted by molar-refractivity contribution is 7.13. The summed E-state index contributed by atoms with van der Waals surface area (Å²) >= 11 is 1.31. The van der Waals surface area contributed by atoms with Crippen LogP contribution in [0.1, 0.15) is 26.4 Å². The minimum absolute atomic E-state index is 0.115. The van der Waals surface area contributed by atoms with E-state index in [1.807, 2.05) is 12.1 Å². The van der Waals surface area contributed by atoms with E-state index in [1.54, 1.807) is 24.6 Å². The molecule has 1 aliphatic rings. The Hall–Kier alpha value is -4.32. The SMILES string of the molecule is COc1ccc(Nc2nc(COC(=O)CN3C(=O)c4cccc([N+](=O)[O-])c4C3=O)cs2)cc1. The molecule has 2 amide bonds. The average Bonchev–Trinajstić information content (AvgIpc) is 3.36. The Balaban J connectivity index is 1.34. The molecule has 3 aromatic rings. The minimum atomic E-state index is -0.904. The molecule has 1 aliphatic heterocycles. The average molecular weight is 468 g/mol. The highest BCUT2D eigenvalue weighted by Crippen LogP contribution is 2.30. The van der Waals surface area contributed by atoms with Gasteiger partial charge in [0.05, 0.1) is 23.3 Å². The maximum Gasteiger partial charge on any atom is 0.326 e. The van der Waals surface area contributed by atoms with E-state index in [0.29, 0.717) is 15.7 Å². The van der Waals surface area contributed by atoms with Crippen molar-refractivity contribution in [1.82, 2.24) is 9.88 Å². The van der Waals surface area contributed by atoms with Crippen molar-refractivity contribution in [3.8, 4) is 5.75 Å². The predicted molar refractivity (Wildman–Crippen MR) is 117 cm³/mol. The highest BCUT2D eigenvalue weighted by atomic mass is 32.1. The van der Waals surface area contributed by atoms with E-state index in [-0.39, 0.29) is 17.7 Å². The van der Waals surface area contributed by atoms with Gasteiger partial charge in [-0.25, -0.2) is 4.98 Å². The molecule has 0 fully saturated rings. The highest BCUT2D eigenvalue weighted by Gasteiger charge is 2.41. The standard InChI is InChI=1S/C21H16N4O7S/c1-31-14-7-5-12(6-8-14)22-21-23-13(11-33-21)10-32-17(26)9-24-19(27)15-3-2-4-16(25(29)30)18(15)20(24)28/h2-8,11H,9-10H2,1H3,(H,22,23). The lowest BCUT2D eigenvalue weighted by atomic mass is 10.1. The number of anilines is 2. The van der Waals surface area contributed by atoms with Crippen molar-refractivity contribution < 1.29 is 28.8 Å². The molecule has 0 unspecified atom stereocenters. The van der Waals surface area contributed by atoms with Crippen LogP contribution in [0.15, 0.2) is 47.8 Å². The molecule has 11 nitrogen and oxygen atoms in total. The molecular formula is C21H16N4O7S. The zero-order valence-electron chi connectivity index (χ0n) is 17.1. The van der Waals surface area contributed by atoms with Crippen molar-refractivity contribution in [2.75, 3.05) is 19.0 Å². The summed E-state index contributed by atoms with van der Waals surface area (Å²) in [5.74, 6) is -1.81. The Kier molecular flexibility index (Phi) is 6.00. The molecule has 1 aromatic heterocycles. The predicted octanol–water partition coefficient (Wildman–Crippen LogP) is 3.14. The number of carbonyl (C=O) groups excluding carboxylic acids is 3. The van der Waals surface area contributed by atoms with Crippen LogP contribution < -0.4 is 10.1 Å². The molecule has 12 heteroatoms. The molecule has 168 valence electrons. The largest absolute Gasteiger partial charge is 0.497 e. The van der Waals surface area contributed by atoms with Crippen LogP contribution in [0.4, 0.5) is 16.5 Å². The minimum Gasteiger partial charge on any atom is -0.497 e. The zero-order valence-corrected chi connectivity index (χ0v) is 18.0. The molecule has 0 spiro atoms. The fraction of sp³-hybridized carbons (Fsp3) is 0.143. The van der Waals surface area contributed by atoms with Gasteiger partial charge in [0.2, 0.25) is 0 Å². The second-order valence-electron chi connectivity index (χ2n) is 6.81. The van der Waals surface area contributed by atoms with Gasteiger partial charge < -0.3 is 14.8 Å². The lowest BCUT2D eigenvalue weighted by molar-refractivity contribution is -0.385. The lowest BCUT2D eigenvalue weighted by Gasteiger charge is -2.12. The number of imide groups is 1. The van der Waals surface area contributed by atoms with Gasteiger partial charge in [-0.05, 0) is 30.3 Å². The summed E-state index contributed by atoms with van der Waals surface area (Å²) in [6, 6.07) is 11.0. The van der Waals surface area contributed by atoms with Crippen molar-refractivity contribution in [3.05, 3.63) is 74.8 Å². The number of aromatic nitrogens is 1. The van der Waals surface area contributed by atoms with Gasteiger partial charge in [0, 0.05) is 17.1 Å². The summed E-state index contributed by atoms with van der Waals surface area (Å²) in [4.78, 5) is 52.6. The Morgan fingerprint density at radius 2 is 1.94 bits per heavy atom. The van der Waals surface area contributed by atoms with Crippen LogP contribution in [0.3, 0.4) is 0 Å². The van der Waals surface area contributed by atoms with E-state index in [9.17, 15) is 24.5 Å². The Bertz CT molecular complexity index is 1260. The number of nitro benzene ring substituents is 1. The van der Waals surface area contributed by atoms with Gasteiger partial charge in [-0.2, -0.15) is 0 Å². The third-order valence-corrected chi connectivity index (χ3v) is 5.54. The van der Waals surface area contributed by atoms with Crippen LogP contribution in [0.5, 0.6) is 5.75 Å². The van der Waals surface area contributed by atoms with Crippen LogP contribution >= 0.6 is 11.3 Å². The van der Waals surface area contributed by atoms with Crippen LogP contribution in [0, 0.1) is 10.1 Å². The first-order valence-corrected chi connectivity index (χ1v) is 10.4. The van der Waals surface area contributed by atoms with Gasteiger partial charge in [-0.15, -0.1) is 11.3 Å². The topological polar surface area (TPSA) is 141 Å². The number of benzene rings is 2. The smallest absolute Gasteiger partial charge is 0.326 e. The van der Waals surface area contributed by atoms with Crippen LogP contribution in [-0.4, -0.2) is 46.2 Å². The van der Waals surface area contributed by atoms with Crippen molar-refractivity contribution in [2.24, 2.45) is 0 Å². The number of amides is 2. The number of nitrogens with zero attached hydrogens (tertiary/aromatic N) is 3. The molecule has 2 heterocycles. The maximum absolute atomic E-state index is 12.5. The number of carbonyl (C=O) groups is 3. The number of ether oxygens (including phenoxy) is 2. The van der Waals surface area contributed by atoms with Crippen molar-refractivity contribution in [1.29, 1.82) is 0 Å². The summed E-state index contributed by atoms with van der Waals surface area (Å²) in [7, 11) is 1.58. The number of nitrogens with one attached hydrogen (secondary N) is 1. The first-order valence-electron chi connectivity index (χ1n) is 9.52. The monoisotopic (exact) mass is 468 g/mol. The number of hydrogen-bond acceptors (Lipinski definition) is 10. The molecule has 0 saturated heterocycles. The number of thiazole rings is 1. The fourth-order valence-electron chi connectivity index (χ4n) is 3.17. The Morgan fingerprint density at radius 1 is 1.18 bits per heavy atom. The summed E-state index contributed by atoms with van der Waals surface area (Å²) in [6.07, 6.45) is 0. The van der Waals surface area contributed by atoms with Gasteiger partial charge >= 0.3 is 5.97 Å². The summed E-state index contributed by atoms with van der Waals surface area (Å²) in [6.45, 7) is -0.826. The van der Waals surface area contributed by atoms with Crippen molar-refractivity contribution >= 4 is 45.6 Å². The molecule has 1 N–H and O–H groups in total. The fourth-order valence-corrected chi connectivity index (χ4v) is 3.88. The number of nitro groups is 1. The number of hydrogen-bond donors (Lipinski definition) is 1. The summed E-state index contributed by atoms with van der Waals surface area (Å²) < 4.78 is 10.2. The molecule has 0 radical (unpaired) electrons. The second kappa shape index (κ2) is 9.04. The van der Waals surface area contributed by atoms with Crippen LogP contribution in [0.25, 0.3) is 0 Å². The molecule has 33 heavy (non-hydrogen) atoms. The van der Waals surface area contributed by atoms with E-state index in [0.717, 1.165) is 17.5 Å². The van der Waals surface area contributed by atoms with E-state index in [2.05, 4.69) is 10.3 Å². The molecular weight excluding hydrogens is 452 g/mol.